The molecule has 1 fully saturated rings. The number of ether oxygens (including phenoxy) is 1. The van der Waals surface area contributed by atoms with Crippen molar-refractivity contribution in [1.29, 1.82) is 0 Å². The number of thioether (sulfide) groups is 1. The summed E-state index contributed by atoms with van der Waals surface area (Å²) in [5.41, 5.74) is 1.39. The van der Waals surface area contributed by atoms with Crippen LogP contribution in [-0.2, 0) is 6.42 Å². The number of methoxy groups -OCH3 is 1. The van der Waals surface area contributed by atoms with Gasteiger partial charge in [-0.1, -0.05) is 12.1 Å². The first kappa shape index (κ1) is 12.8. The van der Waals surface area contributed by atoms with Crippen LogP contribution in [0.3, 0.4) is 0 Å². The van der Waals surface area contributed by atoms with Gasteiger partial charge in [0, 0.05) is 0 Å². The summed E-state index contributed by atoms with van der Waals surface area (Å²) in [5.74, 6) is 2.22. The summed E-state index contributed by atoms with van der Waals surface area (Å²) in [6, 6.07) is 8.41. The van der Waals surface area contributed by atoms with Crippen LogP contribution in [0.1, 0.15) is 25.3 Å². The summed E-state index contributed by atoms with van der Waals surface area (Å²) in [5, 5.41) is 3.63. The second-order valence-electron chi connectivity index (χ2n) is 4.71. The number of aryl methyl sites for hydroxylation is 1. The van der Waals surface area contributed by atoms with Gasteiger partial charge in [0.05, 0.1) is 12.0 Å². The predicted octanol–water partition coefficient (Wildman–Crippen LogP) is 3.07. The molecule has 0 aliphatic carbocycles. The van der Waals surface area contributed by atoms with Gasteiger partial charge in [-0.15, -0.1) is 11.8 Å². The minimum atomic E-state index is 0.262. The molecule has 17 heavy (non-hydrogen) atoms. The van der Waals surface area contributed by atoms with E-state index in [1.165, 1.54) is 24.2 Å². The normalized spacial score (nSPS) is 24.6. The van der Waals surface area contributed by atoms with E-state index in [1.54, 1.807) is 7.11 Å². The molecule has 1 heterocycles. The number of hydrogen-bond donors (Lipinski definition) is 1. The Hall–Kier alpha value is -0.670. The molecule has 1 N–H and O–H groups in total. The van der Waals surface area contributed by atoms with Gasteiger partial charge in [-0.2, -0.15) is 0 Å². The molecule has 0 saturated carbocycles. The molecule has 1 aliphatic rings. The molecule has 0 amide bonds. The Balaban J connectivity index is 1.87. The Bertz CT molecular complexity index is 344. The Labute approximate surface area is 108 Å². The lowest BCUT2D eigenvalue weighted by molar-refractivity contribution is 0.414. The summed E-state index contributed by atoms with van der Waals surface area (Å²) in [7, 11) is 1.71. The molecule has 1 aromatic carbocycles. The smallest absolute Gasteiger partial charge is 0.118 e. The minimum Gasteiger partial charge on any atom is -0.497 e. The zero-order chi connectivity index (χ0) is 12.1. The molecular formula is C14H21NOS. The van der Waals surface area contributed by atoms with Crippen molar-refractivity contribution in [2.45, 2.75) is 31.1 Å². The average Bonchev–Trinajstić information content (AvgIpc) is 2.38. The fourth-order valence-corrected chi connectivity index (χ4v) is 3.30. The maximum absolute atomic E-state index is 5.17. The van der Waals surface area contributed by atoms with Crippen molar-refractivity contribution >= 4 is 11.8 Å². The molecule has 1 atom stereocenters. The maximum Gasteiger partial charge on any atom is 0.118 e. The molecule has 1 unspecified atom stereocenters. The first-order valence-electron chi connectivity index (χ1n) is 6.24. The largest absolute Gasteiger partial charge is 0.497 e. The van der Waals surface area contributed by atoms with E-state index in [0.717, 1.165) is 18.7 Å². The van der Waals surface area contributed by atoms with E-state index in [1.807, 2.05) is 12.1 Å². The van der Waals surface area contributed by atoms with Crippen LogP contribution < -0.4 is 10.1 Å². The summed E-state index contributed by atoms with van der Waals surface area (Å²) in [6.45, 7) is 3.48. The highest BCUT2D eigenvalue weighted by molar-refractivity contribution is 8.00. The molecule has 3 heteroatoms. The minimum absolute atomic E-state index is 0.262. The van der Waals surface area contributed by atoms with Crippen molar-refractivity contribution < 1.29 is 4.74 Å². The summed E-state index contributed by atoms with van der Waals surface area (Å²) in [4.78, 5) is 0.262. The van der Waals surface area contributed by atoms with E-state index in [9.17, 15) is 0 Å². The van der Waals surface area contributed by atoms with E-state index in [4.69, 9.17) is 4.74 Å². The Kier molecular flexibility index (Phi) is 4.35. The van der Waals surface area contributed by atoms with Crippen LogP contribution in [0.5, 0.6) is 5.75 Å². The van der Waals surface area contributed by atoms with Gasteiger partial charge in [0.25, 0.3) is 0 Å². The van der Waals surface area contributed by atoms with Gasteiger partial charge >= 0.3 is 0 Å². The number of hydrogen-bond acceptors (Lipinski definition) is 3. The molecule has 0 bridgehead atoms. The Morgan fingerprint density at radius 1 is 1.35 bits per heavy atom. The molecular weight excluding hydrogens is 230 g/mol. The van der Waals surface area contributed by atoms with Crippen LogP contribution in [0.25, 0.3) is 0 Å². The van der Waals surface area contributed by atoms with Gasteiger partial charge in [0.2, 0.25) is 0 Å². The van der Waals surface area contributed by atoms with Gasteiger partial charge in [-0.25, -0.2) is 0 Å². The first-order chi connectivity index (χ1) is 8.22. The highest BCUT2D eigenvalue weighted by atomic mass is 32.2. The lowest BCUT2D eigenvalue weighted by atomic mass is 10.1. The number of nitrogens with one attached hydrogen (secondary N) is 1. The molecule has 2 rings (SSSR count). The number of rotatable bonds is 4. The SMILES string of the molecule is COc1ccc(CCC2(C)NCCCS2)cc1. The van der Waals surface area contributed by atoms with Gasteiger partial charge < -0.3 is 10.1 Å². The van der Waals surface area contributed by atoms with E-state index >= 15 is 0 Å². The molecule has 2 nitrogen and oxygen atoms in total. The predicted molar refractivity (Wildman–Crippen MR) is 74.8 cm³/mol. The van der Waals surface area contributed by atoms with Crippen molar-refractivity contribution in [2.24, 2.45) is 0 Å². The maximum atomic E-state index is 5.17. The molecule has 0 spiro atoms. The molecule has 94 valence electrons. The fourth-order valence-electron chi connectivity index (χ4n) is 2.11. The van der Waals surface area contributed by atoms with Crippen LogP contribution in [0.2, 0.25) is 0 Å². The third-order valence-electron chi connectivity index (χ3n) is 3.29. The molecule has 0 aromatic heterocycles. The van der Waals surface area contributed by atoms with Crippen molar-refractivity contribution in [1.82, 2.24) is 5.32 Å². The van der Waals surface area contributed by atoms with E-state index in [-0.39, 0.29) is 4.87 Å². The summed E-state index contributed by atoms with van der Waals surface area (Å²) >= 11 is 2.06. The van der Waals surface area contributed by atoms with Gasteiger partial charge in [0.1, 0.15) is 5.75 Å². The van der Waals surface area contributed by atoms with E-state index in [2.05, 4.69) is 36.1 Å². The highest BCUT2D eigenvalue weighted by Gasteiger charge is 2.26. The molecule has 0 radical (unpaired) electrons. The van der Waals surface area contributed by atoms with Crippen LogP contribution >= 0.6 is 11.8 Å². The quantitative estimate of drug-likeness (QED) is 0.888. The van der Waals surface area contributed by atoms with E-state index < -0.39 is 0 Å². The molecule has 1 saturated heterocycles. The highest BCUT2D eigenvalue weighted by Crippen LogP contribution is 2.30. The summed E-state index contributed by atoms with van der Waals surface area (Å²) in [6.07, 6.45) is 3.60. The van der Waals surface area contributed by atoms with Crippen LogP contribution in [0.4, 0.5) is 0 Å². The van der Waals surface area contributed by atoms with Crippen molar-refractivity contribution in [3.63, 3.8) is 0 Å². The van der Waals surface area contributed by atoms with Crippen LogP contribution in [0, 0.1) is 0 Å². The van der Waals surface area contributed by atoms with Gasteiger partial charge in [-0.05, 0) is 56.2 Å². The fraction of sp³-hybridized carbons (Fsp3) is 0.571. The van der Waals surface area contributed by atoms with Crippen molar-refractivity contribution in [3.05, 3.63) is 29.8 Å². The third-order valence-corrected chi connectivity index (χ3v) is 4.77. The average molecular weight is 251 g/mol. The van der Waals surface area contributed by atoms with Crippen molar-refractivity contribution in [2.75, 3.05) is 19.4 Å². The second kappa shape index (κ2) is 5.78. The van der Waals surface area contributed by atoms with E-state index in [0.29, 0.717) is 0 Å². The van der Waals surface area contributed by atoms with Gasteiger partial charge in [0.15, 0.2) is 0 Å². The monoisotopic (exact) mass is 251 g/mol. The Morgan fingerprint density at radius 3 is 2.71 bits per heavy atom. The molecule has 1 aliphatic heterocycles. The first-order valence-corrected chi connectivity index (χ1v) is 7.22. The topological polar surface area (TPSA) is 21.3 Å². The lowest BCUT2D eigenvalue weighted by Crippen LogP contribution is -2.43. The van der Waals surface area contributed by atoms with Crippen LogP contribution in [0.15, 0.2) is 24.3 Å². The standard InChI is InChI=1S/C14H21NOS/c1-14(15-10-3-11-17-14)9-8-12-4-6-13(16-2)7-5-12/h4-7,15H,3,8-11H2,1-2H3. The molecule has 1 aromatic rings. The lowest BCUT2D eigenvalue weighted by Gasteiger charge is -2.34. The zero-order valence-electron chi connectivity index (χ0n) is 10.7. The third kappa shape index (κ3) is 3.65. The number of benzene rings is 1. The second-order valence-corrected chi connectivity index (χ2v) is 6.31. The summed E-state index contributed by atoms with van der Waals surface area (Å²) < 4.78 is 5.17. The van der Waals surface area contributed by atoms with Crippen LogP contribution in [-0.4, -0.2) is 24.3 Å². The zero-order valence-corrected chi connectivity index (χ0v) is 11.5. The van der Waals surface area contributed by atoms with Gasteiger partial charge in [-0.3, -0.25) is 0 Å². The Morgan fingerprint density at radius 2 is 2.12 bits per heavy atom. The van der Waals surface area contributed by atoms with Crippen molar-refractivity contribution in [3.8, 4) is 5.75 Å².